The van der Waals surface area contributed by atoms with Gasteiger partial charge in [-0.3, -0.25) is 18.6 Å². The van der Waals surface area contributed by atoms with Crippen molar-refractivity contribution < 1.29 is 47.8 Å². The SMILES string of the molecule is CC/C=C\C/C=C\C/C=C\C/C=C\C/C=C\C/C=C\CCCCC(=O)OCC(O)COP(=O)(O)OCC(NC(=O)CCCCCCCCC/C=C\C/C=C\C/C=C\CC)C(=O)O. The smallest absolute Gasteiger partial charge is 0.472 e. The van der Waals surface area contributed by atoms with Crippen LogP contribution in [0.25, 0.3) is 0 Å². The second kappa shape index (κ2) is 43.8. The van der Waals surface area contributed by atoms with Gasteiger partial charge < -0.3 is 25.2 Å². The Balaban J connectivity index is 3.99. The highest BCUT2D eigenvalue weighted by Gasteiger charge is 2.28. The molecule has 0 saturated carbocycles. The van der Waals surface area contributed by atoms with Crippen LogP contribution in [-0.4, -0.2) is 64.9 Å². The van der Waals surface area contributed by atoms with Crippen LogP contribution in [0.4, 0.5) is 0 Å². The highest BCUT2D eigenvalue weighted by atomic mass is 31.2. The topological polar surface area (TPSA) is 169 Å². The normalized spacial score (nSPS) is 14.6. The Hall–Kier alpha value is -3.86. The van der Waals surface area contributed by atoms with E-state index < -0.39 is 57.6 Å². The predicted molar refractivity (Wildman–Crippen MR) is 253 cm³/mol. The molecule has 12 heteroatoms. The number of ether oxygens (including phenoxy) is 1. The number of nitrogens with one attached hydrogen (secondary N) is 1. The van der Waals surface area contributed by atoms with E-state index >= 15 is 0 Å². The Morgan fingerprint density at radius 1 is 0.516 bits per heavy atom. The average Bonchev–Trinajstić information content (AvgIpc) is 3.25. The Labute approximate surface area is 374 Å². The van der Waals surface area contributed by atoms with Crippen LogP contribution in [0.5, 0.6) is 0 Å². The fraction of sp³-hybridized carbons (Fsp3) is 0.580. The van der Waals surface area contributed by atoms with Crippen molar-refractivity contribution in [3.63, 3.8) is 0 Å². The third-order valence-corrected chi connectivity index (χ3v) is 10.0. The number of rotatable bonds is 41. The lowest BCUT2D eigenvalue weighted by Gasteiger charge is -2.18. The highest BCUT2D eigenvalue weighted by molar-refractivity contribution is 7.47. The van der Waals surface area contributed by atoms with Crippen molar-refractivity contribution >= 4 is 25.7 Å². The molecule has 0 aliphatic rings. The van der Waals surface area contributed by atoms with Crippen LogP contribution in [0.2, 0.25) is 0 Å². The third kappa shape index (κ3) is 42.8. The number of esters is 1. The quantitative estimate of drug-likeness (QED) is 0.0201. The number of hydrogen-bond acceptors (Lipinski definition) is 8. The van der Waals surface area contributed by atoms with E-state index in [0.717, 1.165) is 116 Å². The largest absolute Gasteiger partial charge is 0.480 e. The van der Waals surface area contributed by atoms with Crippen molar-refractivity contribution in [3.8, 4) is 0 Å². The minimum absolute atomic E-state index is 0.125. The van der Waals surface area contributed by atoms with Crippen molar-refractivity contribution in [1.29, 1.82) is 0 Å². The molecule has 350 valence electrons. The fourth-order valence-electron chi connectivity index (χ4n) is 5.57. The first-order valence-electron chi connectivity index (χ1n) is 22.9. The molecule has 0 fully saturated rings. The summed E-state index contributed by atoms with van der Waals surface area (Å²) in [5, 5.41) is 21.8. The fourth-order valence-corrected chi connectivity index (χ4v) is 6.34. The number of carboxylic acid groups (broad SMARTS) is 1. The molecule has 0 saturated heterocycles. The summed E-state index contributed by atoms with van der Waals surface area (Å²) in [4.78, 5) is 46.0. The van der Waals surface area contributed by atoms with E-state index in [4.69, 9.17) is 13.8 Å². The molecule has 1 amide bonds. The van der Waals surface area contributed by atoms with Crippen LogP contribution in [0.15, 0.2) is 109 Å². The second-order valence-corrected chi connectivity index (χ2v) is 16.3. The molecule has 0 radical (unpaired) electrons. The first-order valence-corrected chi connectivity index (χ1v) is 24.4. The van der Waals surface area contributed by atoms with Crippen molar-refractivity contribution in [1.82, 2.24) is 5.32 Å². The Kier molecular flexibility index (Phi) is 41.0. The maximum atomic E-state index is 12.3. The van der Waals surface area contributed by atoms with Crippen LogP contribution in [-0.2, 0) is 32.7 Å². The van der Waals surface area contributed by atoms with Gasteiger partial charge in [0, 0.05) is 12.8 Å². The zero-order valence-electron chi connectivity index (χ0n) is 37.9. The molecule has 11 nitrogen and oxygen atoms in total. The van der Waals surface area contributed by atoms with Gasteiger partial charge in [-0.05, 0) is 96.3 Å². The zero-order valence-corrected chi connectivity index (χ0v) is 38.8. The zero-order chi connectivity index (χ0) is 45.6. The Morgan fingerprint density at radius 2 is 0.887 bits per heavy atom. The summed E-state index contributed by atoms with van der Waals surface area (Å²) in [5.41, 5.74) is 0. The van der Waals surface area contributed by atoms with Crippen LogP contribution >= 0.6 is 7.82 Å². The number of allylic oxidation sites excluding steroid dienone is 18. The number of aliphatic hydroxyl groups is 1. The summed E-state index contributed by atoms with van der Waals surface area (Å²) in [7, 11) is -4.78. The van der Waals surface area contributed by atoms with Crippen LogP contribution < -0.4 is 5.32 Å². The number of amides is 1. The number of carbonyl (C=O) groups excluding carboxylic acids is 2. The van der Waals surface area contributed by atoms with Crippen LogP contribution in [0.3, 0.4) is 0 Å². The van der Waals surface area contributed by atoms with Gasteiger partial charge in [-0.2, -0.15) is 0 Å². The third-order valence-electron chi connectivity index (χ3n) is 9.06. The lowest BCUT2D eigenvalue weighted by Crippen LogP contribution is -2.43. The van der Waals surface area contributed by atoms with Gasteiger partial charge in [0.05, 0.1) is 13.2 Å². The monoisotopic (exact) mass is 886 g/mol. The lowest BCUT2D eigenvalue weighted by atomic mass is 10.1. The van der Waals surface area contributed by atoms with Gasteiger partial charge in [0.15, 0.2) is 6.04 Å². The molecule has 4 N–H and O–H groups in total. The Bertz CT molecular complexity index is 1460. The molecular weight excluding hydrogens is 806 g/mol. The van der Waals surface area contributed by atoms with E-state index in [0.29, 0.717) is 12.8 Å². The molecule has 0 aliphatic carbocycles. The number of unbranched alkanes of at least 4 members (excludes halogenated alkanes) is 9. The molecule has 0 aromatic rings. The summed E-state index contributed by atoms with van der Waals surface area (Å²) in [5.74, 6) is -2.45. The highest BCUT2D eigenvalue weighted by Crippen LogP contribution is 2.43. The van der Waals surface area contributed by atoms with Crippen molar-refractivity contribution in [3.05, 3.63) is 109 Å². The van der Waals surface area contributed by atoms with Gasteiger partial charge in [0.25, 0.3) is 0 Å². The van der Waals surface area contributed by atoms with E-state index in [1.54, 1.807) is 0 Å². The summed E-state index contributed by atoms with van der Waals surface area (Å²) >= 11 is 0. The predicted octanol–water partition coefficient (Wildman–Crippen LogP) is 12.2. The Morgan fingerprint density at radius 3 is 1.34 bits per heavy atom. The number of carbonyl (C=O) groups is 3. The molecule has 3 atom stereocenters. The van der Waals surface area contributed by atoms with Gasteiger partial charge in [-0.15, -0.1) is 0 Å². The van der Waals surface area contributed by atoms with E-state index in [2.05, 4.69) is 129 Å². The summed E-state index contributed by atoms with van der Waals surface area (Å²) in [6.45, 7) is 2.30. The number of aliphatic carboxylic acids is 1. The minimum Gasteiger partial charge on any atom is -0.480 e. The average molecular weight is 886 g/mol. The standard InChI is InChI=1S/C50H80NO10P/c1-3-5-7-9-11-13-15-17-19-21-22-23-24-26-28-30-32-34-36-38-40-42-49(54)59-43-46(52)44-60-62(57,58)61-45-47(50(55)56)51-48(53)41-39-37-35-33-31-29-27-25-20-18-16-14-12-10-8-6-4-2/h5-8,11-14,17-20,22-23,26,28,32,34,46-47,52H,3-4,9-10,15-16,21,24-25,27,29-31,33,35-45H2,1-2H3,(H,51,53)(H,55,56)(H,57,58)/b7-5-,8-6-,13-11-,14-12-,19-17-,20-18-,23-22-,28-26-,34-32-. The first-order chi connectivity index (χ1) is 30.1. The minimum atomic E-state index is -4.78. The molecular formula is C50H80NO10P. The number of phosphoric ester groups is 1. The molecule has 0 heterocycles. The number of aliphatic hydroxyl groups excluding tert-OH is 1. The second-order valence-electron chi connectivity index (χ2n) is 14.8. The van der Waals surface area contributed by atoms with E-state index in [1.165, 1.54) is 0 Å². The summed E-state index contributed by atoms with van der Waals surface area (Å²) < 4.78 is 26.8. The number of carboxylic acids is 1. The molecule has 0 spiro atoms. The molecule has 0 rings (SSSR count). The van der Waals surface area contributed by atoms with E-state index in [-0.39, 0.29) is 12.8 Å². The van der Waals surface area contributed by atoms with Gasteiger partial charge in [0.2, 0.25) is 5.91 Å². The van der Waals surface area contributed by atoms with Gasteiger partial charge in [0.1, 0.15) is 12.7 Å². The molecule has 0 bridgehead atoms. The number of hydrogen-bond donors (Lipinski definition) is 4. The van der Waals surface area contributed by atoms with Gasteiger partial charge in [-0.1, -0.05) is 155 Å². The summed E-state index contributed by atoms with van der Waals surface area (Å²) in [6.07, 6.45) is 56.8. The van der Waals surface area contributed by atoms with E-state index in [9.17, 15) is 34.1 Å². The molecule has 0 aromatic heterocycles. The van der Waals surface area contributed by atoms with E-state index in [1.807, 2.05) is 0 Å². The molecule has 3 unspecified atom stereocenters. The molecule has 0 aliphatic heterocycles. The maximum absolute atomic E-state index is 12.3. The molecule has 0 aromatic carbocycles. The van der Waals surface area contributed by atoms with Gasteiger partial charge in [-0.25, -0.2) is 9.36 Å². The lowest BCUT2D eigenvalue weighted by molar-refractivity contribution is -0.147. The van der Waals surface area contributed by atoms with Gasteiger partial charge >= 0.3 is 19.8 Å². The van der Waals surface area contributed by atoms with Crippen molar-refractivity contribution in [2.75, 3.05) is 19.8 Å². The first kappa shape index (κ1) is 58.1. The van der Waals surface area contributed by atoms with Crippen LogP contribution in [0, 0.1) is 0 Å². The van der Waals surface area contributed by atoms with Crippen LogP contribution in [0.1, 0.15) is 155 Å². The molecule has 62 heavy (non-hydrogen) atoms. The van der Waals surface area contributed by atoms with Crippen molar-refractivity contribution in [2.24, 2.45) is 0 Å². The maximum Gasteiger partial charge on any atom is 0.472 e. The van der Waals surface area contributed by atoms with Crippen molar-refractivity contribution in [2.45, 2.75) is 167 Å². The number of phosphoric acid groups is 1. The summed E-state index contributed by atoms with van der Waals surface area (Å²) in [6, 6.07) is -1.56.